The van der Waals surface area contributed by atoms with Crippen LogP contribution in [0.25, 0.3) is 11.2 Å². The maximum Gasteiger partial charge on any atom is 0.330 e. The quantitative estimate of drug-likeness (QED) is 0.484. The van der Waals surface area contributed by atoms with E-state index in [1.54, 1.807) is 22.8 Å². The number of hydrogen-bond donors (Lipinski definition) is 1. The second-order valence-electron chi connectivity index (χ2n) is 7.19. The number of imidazole rings is 1. The van der Waals surface area contributed by atoms with Crippen LogP contribution in [0.1, 0.15) is 44.5 Å². The molecule has 166 valence electrons. The SMILES string of the molecule is CCCCn1c(=O)[nH]c(=O)c2c1nc(COC(=O)Cc1ccc(Cl)cc1Cl)n2CCC. The molecule has 0 atom stereocenters. The summed E-state index contributed by atoms with van der Waals surface area (Å²) in [6, 6.07) is 4.89. The third-order valence-corrected chi connectivity index (χ3v) is 5.45. The number of hydrogen-bond acceptors (Lipinski definition) is 5. The second-order valence-corrected chi connectivity index (χ2v) is 8.03. The molecule has 0 aliphatic rings. The molecule has 0 radical (unpaired) electrons. The lowest BCUT2D eigenvalue weighted by molar-refractivity contribution is -0.144. The number of esters is 1. The highest BCUT2D eigenvalue weighted by Gasteiger charge is 2.19. The molecular weight excluding hydrogens is 443 g/mol. The molecule has 2 aromatic heterocycles. The number of aromatic nitrogens is 4. The Bertz CT molecular complexity index is 1210. The van der Waals surface area contributed by atoms with E-state index in [1.165, 1.54) is 4.57 Å². The van der Waals surface area contributed by atoms with Crippen molar-refractivity contribution in [1.82, 2.24) is 19.1 Å². The fourth-order valence-electron chi connectivity index (χ4n) is 3.33. The van der Waals surface area contributed by atoms with Crippen LogP contribution in [0, 0.1) is 0 Å². The Morgan fingerprint density at radius 1 is 1.13 bits per heavy atom. The van der Waals surface area contributed by atoms with Gasteiger partial charge in [0.1, 0.15) is 12.4 Å². The summed E-state index contributed by atoms with van der Waals surface area (Å²) in [7, 11) is 0. The largest absolute Gasteiger partial charge is 0.457 e. The molecule has 0 spiro atoms. The average Bonchev–Trinajstić information content (AvgIpc) is 3.07. The van der Waals surface area contributed by atoms with Gasteiger partial charge < -0.3 is 9.30 Å². The van der Waals surface area contributed by atoms with Crippen molar-refractivity contribution >= 4 is 40.3 Å². The molecule has 8 nitrogen and oxygen atoms in total. The summed E-state index contributed by atoms with van der Waals surface area (Å²) in [4.78, 5) is 44.1. The summed E-state index contributed by atoms with van der Waals surface area (Å²) in [6.07, 6.45) is 2.38. The lowest BCUT2D eigenvalue weighted by Crippen LogP contribution is -2.31. The lowest BCUT2D eigenvalue weighted by Gasteiger charge is -2.09. The van der Waals surface area contributed by atoms with Crippen molar-refractivity contribution in [3.63, 3.8) is 0 Å². The zero-order valence-corrected chi connectivity index (χ0v) is 18.9. The summed E-state index contributed by atoms with van der Waals surface area (Å²) in [6.45, 7) is 4.80. The van der Waals surface area contributed by atoms with E-state index in [2.05, 4.69) is 9.97 Å². The van der Waals surface area contributed by atoms with Crippen molar-refractivity contribution < 1.29 is 9.53 Å². The number of fused-ring (bicyclic) bond motifs is 1. The number of carbonyl (C=O) groups excluding carboxylic acids is 1. The minimum absolute atomic E-state index is 0.0220. The molecule has 0 unspecified atom stereocenters. The van der Waals surface area contributed by atoms with Crippen molar-refractivity contribution in [2.75, 3.05) is 0 Å². The number of carbonyl (C=O) groups is 1. The van der Waals surface area contributed by atoms with Crippen LogP contribution in [0.2, 0.25) is 10.0 Å². The van der Waals surface area contributed by atoms with E-state index in [0.29, 0.717) is 45.7 Å². The van der Waals surface area contributed by atoms with Crippen LogP contribution in [0.3, 0.4) is 0 Å². The van der Waals surface area contributed by atoms with Crippen LogP contribution in [-0.2, 0) is 35.6 Å². The molecule has 0 saturated heterocycles. The molecule has 0 bridgehead atoms. The summed E-state index contributed by atoms with van der Waals surface area (Å²) < 4.78 is 8.58. The van der Waals surface area contributed by atoms with Gasteiger partial charge in [-0.15, -0.1) is 0 Å². The second kappa shape index (κ2) is 10.2. The maximum absolute atomic E-state index is 12.5. The number of rotatable bonds is 9. The first-order valence-electron chi connectivity index (χ1n) is 10.2. The first kappa shape index (κ1) is 23.1. The predicted molar refractivity (Wildman–Crippen MR) is 120 cm³/mol. The number of aryl methyl sites for hydroxylation is 2. The van der Waals surface area contributed by atoms with E-state index in [1.807, 2.05) is 13.8 Å². The Kier molecular flexibility index (Phi) is 7.56. The molecule has 0 amide bonds. The normalized spacial score (nSPS) is 11.2. The molecule has 10 heteroatoms. The van der Waals surface area contributed by atoms with E-state index in [9.17, 15) is 14.4 Å². The molecule has 31 heavy (non-hydrogen) atoms. The van der Waals surface area contributed by atoms with Crippen LogP contribution >= 0.6 is 23.2 Å². The van der Waals surface area contributed by atoms with E-state index in [4.69, 9.17) is 27.9 Å². The molecule has 1 N–H and O–H groups in total. The van der Waals surface area contributed by atoms with Gasteiger partial charge in [-0.1, -0.05) is 49.5 Å². The molecule has 0 saturated carbocycles. The third kappa shape index (κ3) is 5.19. The van der Waals surface area contributed by atoms with E-state index >= 15 is 0 Å². The van der Waals surface area contributed by atoms with Crippen molar-refractivity contribution in [2.24, 2.45) is 0 Å². The Labute approximate surface area is 188 Å². The zero-order valence-electron chi connectivity index (χ0n) is 17.4. The van der Waals surface area contributed by atoms with Gasteiger partial charge in [0, 0.05) is 23.1 Å². The molecule has 1 aromatic carbocycles. The summed E-state index contributed by atoms with van der Waals surface area (Å²) >= 11 is 12.0. The van der Waals surface area contributed by atoms with Gasteiger partial charge in [-0.25, -0.2) is 9.78 Å². The Hall–Kier alpha value is -2.58. The summed E-state index contributed by atoms with van der Waals surface area (Å²) in [5, 5.41) is 0.865. The van der Waals surface area contributed by atoms with Crippen LogP contribution in [0.15, 0.2) is 27.8 Å². The zero-order chi connectivity index (χ0) is 22.5. The predicted octanol–water partition coefficient (Wildman–Crippen LogP) is 3.69. The van der Waals surface area contributed by atoms with Crippen LogP contribution in [-0.4, -0.2) is 25.1 Å². The van der Waals surface area contributed by atoms with Gasteiger partial charge in [-0.05, 0) is 30.5 Å². The number of aromatic amines is 1. The average molecular weight is 467 g/mol. The molecule has 0 fully saturated rings. The number of unbranched alkanes of at least 4 members (excludes halogenated alkanes) is 1. The topological polar surface area (TPSA) is 99.0 Å². The monoisotopic (exact) mass is 466 g/mol. The van der Waals surface area contributed by atoms with Gasteiger partial charge in [0.15, 0.2) is 11.2 Å². The minimum atomic E-state index is -0.501. The summed E-state index contributed by atoms with van der Waals surface area (Å²) in [5.41, 5.74) is 0.224. The first-order chi connectivity index (χ1) is 14.8. The highest BCUT2D eigenvalue weighted by molar-refractivity contribution is 6.35. The van der Waals surface area contributed by atoms with Crippen LogP contribution in [0.5, 0.6) is 0 Å². The highest BCUT2D eigenvalue weighted by Crippen LogP contribution is 2.22. The van der Waals surface area contributed by atoms with Crippen molar-refractivity contribution in [2.45, 2.75) is 59.2 Å². The van der Waals surface area contributed by atoms with Gasteiger partial charge in [0.2, 0.25) is 0 Å². The van der Waals surface area contributed by atoms with Gasteiger partial charge >= 0.3 is 11.7 Å². The Morgan fingerprint density at radius 3 is 2.58 bits per heavy atom. The van der Waals surface area contributed by atoms with E-state index < -0.39 is 17.2 Å². The van der Waals surface area contributed by atoms with Crippen molar-refractivity contribution in [1.29, 1.82) is 0 Å². The molecule has 3 rings (SSSR count). The molecule has 2 heterocycles. The van der Waals surface area contributed by atoms with E-state index in [0.717, 1.165) is 19.3 Å². The number of benzene rings is 1. The molecule has 0 aliphatic carbocycles. The number of nitrogens with zero attached hydrogens (tertiary/aromatic N) is 3. The highest BCUT2D eigenvalue weighted by atomic mass is 35.5. The Morgan fingerprint density at radius 2 is 1.90 bits per heavy atom. The fourth-order valence-corrected chi connectivity index (χ4v) is 3.81. The standard InChI is InChI=1S/C21H24Cl2N4O4/c1-3-5-9-27-19-18(20(29)25-21(27)30)26(8-4-2)16(24-19)12-31-17(28)10-13-6-7-14(22)11-15(13)23/h6-7,11H,3-5,8-10,12H2,1-2H3,(H,25,29,30). The number of halogens is 2. The van der Waals surface area contributed by atoms with Crippen molar-refractivity contribution in [3.8, 4) is 0 Å². The number of nitrogens with one attached hydrogen (secondary N) is 1. The van der Waals surface area contributed by atoms with E-state index in [-0.39, 0.29) is 13.0 Å². The molecular formula is C21H24Cl2N4O4. The summed E-state index contributed by atoms with van der Waals surface area (Å²) in [5.74, 6) is -0.0784. The van der Waals surface area contributed by atoms with Crippen LogP contribution < -0.4 is 11.2 Å². The fraction of sp³-hybridized carbons (Fsp3) is 0.429. The van der Waals surface area contributed by atoms with Gasteiger partial charge in [-0.2, -0.15) is 0 Å². The van der Waals surface area contributed by atoms with Gasteiger partial charge in [0.05, 0.1) is 6.42 Å². The lowest BCUT2D eigenvalue weighted by atomic mass is 10.1. The van der Waals surface area contributed by atoms with Gasteiger partial charge in [0.25, 0.3) is 5.56 Å². The van der Waals surface area contributed by atoms with Crippen LogP contribution in [0.4, 0.5) is 0 Å². The third-order valence-electron chi connectivity index (χ3n) is 4.86. The molecule has 3 aromatic rings. The minimum Gasteiger partial charge on any atom is -0.457 e. The van der Waals surface area contributed by atoms with Crippen molar-refractivity contribution in [3.05, 3.63) is 60.5 Å². The van der Waals surface area contributed by atoms with Gasteiger partial charge in [-0.3, -0.25) is 19.1 Å². The number of H-pyrrole nitrogens is 1. The smallest absolute Gasteiger partial charge is 0.330 e. The molecule has 0 aliphatic heterocycles. The first-order valence-corrected chi connectivity index (χ1v) is 10.9. The maximum atomic E-state index is 12.5. The Balaban J connectivity index is 1.89. The number of ether oxygens (including phenoxy) is 1.